The fraction of sp³-hybridized carbons (Fsp3) is 0. The topological polar surface area (TPSA) is 114 Å². The molecule has 176 valence electrons. The Morgan fingerprint density at radius 3 is 2.14 bits per heavy atom. The Kier molecular flexibility index (Phi) is 6.46. The molecule has 0 saturated carbocycles. The van der Waals surface area contributed by atoms with Gasteiger partial charge >= 0.3 is 0 Å². The van der Waals surface area contributed by atoms with Gasteiger partial charge in [0.2, 0.25) is 0 Å². The molecule has 9 heteroatoms. The first-order valence-electron chi connectivity index (χ1n) is 11.1. The number of hydrogen-bond donors (Lipinski definition) is 3. The fourth-order valence-corrected chi connectivity index (χ4v) is 3.97. The summed E-state index contributed by atoms with van der Waals surface area (Å²) >= 11 is 4.86. The van der Waals surface area contributed by atoms with Crippen LogP contribution in [0, 0.1) is 0 Å². The zero-order chi connectivity index (χ0) is 24.9. The second-order valence-corrected chi connectivity index (χ2v) is 8.27. The molecule has 2 aromatic heterocycles. The van der Waals surface area contributed by atoms with E-state index in [1.165, 1.54) is 6.21 Å². The minimum Gasteiger partial charge on any atom is -0.375 e. The number of aromatic amines is 1. The van der Waals surface area contributed by atoms with Gasteiger partial charge in [-0.25, -0.2) is 9.78 Å². The van der Waals surface area contributed by atoms with E-state index in [0.29, 0.717) is 28.1 Å². The van der Waals surface area contributed by atoms with Crippen LogP contribution in [0.25, 0.3) is 39.3 Å². The Hall–Kier alpha value is -4.89. The van der Waals surface area contributed by atoms with E-state index in [2.05, 4.69) is 20.7 Å². The van der Waals surface area contributed by atoms with E-state index in [1.807, 2.05) is 91.0 Å². The lowest BCUT2D eigenvalue weighted by Crippen LogP contribution is -2.24. The van der Waals surface area contributed by atoms with Gasteiger partial charge in [0.25, 0.3) is 5.56 Å². The fourth-order valence-electron chi connectivity index (χ4n) is 3.92. The van der Waals surface area contributed by atoms with Gasteiger partial charge in [0, 0.05) is 22.9 Å². The number of H-pyrrole nitrogens is 1. The molecule has 0 saturated heterocycles. The molecule has 0 aliphatic carbocycles. The predicted octanol–water partition coefficient (Wildman–Crippen LogP) is 4.12. The van der Waals surface area contributed by atoms with Crippen LogP contribution < -0.4 is 16.7 Å². The molecule has 0 fully saturated rings. The molecule has 0 aliphatic heterocycles. The van der Waals surface area contributed by atoms with Gasteiger partial charge in [-0.15, -0.1) is 0 Å². The SMILES string of the molecule is NC(=S)N/N=C/c1cn(-c2ccccc2)nc1-c1c(-c2ccccc2)c(-c2ccccc2)n[nH]c1=O. The normalized spacial score (nSPS) is 11.0. The number of benzene rings is 3. The van der Waals surface area contributed by atoms with Crippen LogP contribution in [-0.4, -0.2) is 31.3 Å². The molecule has 2 heterocycles. The quantitative estimate of drug-likeness (QED) is 0.187. The molecule has 0 radical (unpaired) electrons. The molecule has 5 rings (SSSR count). The summed E-state index contributed by atoms with van der Waals surface area (Å²) in [4.78, 5) is 13.4. The van der Waals surface area contributed by atoms with Crippen molar-refractivity contribution in [1.82, 2.24) is 25.4 Å². The van der Waals surface area contributed by atoms with Crippen molar-refractivity contribution in [2.75, 3.05) is 0 Å². The summed E-state index contributed by atoms with van der Waals surface area (Å²) in [5.41, 5.74) is 13.0. The molecule has 5 aromatic rings. The summed E-state index contributed by atoms with van der Waals surface area (Å²) in [7, 11) is 0. The molecule has 36 heavy (non-hydrogen) atoms. The van der Waals surface area contributed by atoms with Gasteiger partial charge in [-0.2, -0.15) is 15.3 Å². The third-order valence-corrected chi connectivity index (χ3v) is 5.56. The summed E-state index contributed by atoms with van der Waals surface area (Å²) < 4.78 is 1.70. The van der Waals surface area contributed by atoms with Crippen molar-refractivity contribution in [3.8, 4) is 39.3 Å². The highest BCUT2D eigenvalue weighted by Gasteiger charge is 2.23. The zero-order valence-corrected chi connectivity index (χ0v) is 19.8. The number of rotatable bonds is 6. The molecular weight excluding hydrogens is 470 g/mol. The van der Waals surface area contributed by atoms with Crippen molar-refractivity contribution in [3.63, 3.8) is 0 Å². The number of thiocarbonyl (C=S) groups is 1. The average molecular weight is 492 g/mol. The maximum Gasteiger partial charge on any atom is 0.274 e. The van der Waals surface area contributed by atoms with Gasteiger partial charge in [0.05, 0.1) is 23.2 Å². The van der Waals surface area contributed by atoms with Crippen LogP contribution in [0.1, 0.15) is 5.56 Å². The molecule has 3 aromatic carbocycles. The molecule has 0 bridgehead atoms. The van der Waals surface area contributed by atoms with E-state index in [9.17, 15) is 4.79 Å². The Bertz CT molecular complexity index is 1590. The van der Waals surface area contributed by atoms with Crippen molar-refractivity contribution in [2.24, 2.45) is 10.8 Å². The summed E-state index contributed by atoms with van der Waals surface area (Å²) in [6.45, 7) is 0. The molecular formula is C27H21N7OS. The highest BCUT2D eigenvalue weighted by Crippen LogP contribution is 2.36. The molecule has 0 unspecified atom stereocenters. The van der Waals surface area contributed by atoms with E-state index >= 15 is 0 Å². The largest absolute Gasteiger partial charge is 0.375 e. The van der Waals surface area contributed by atoms with E-state index < -0.39 is 0 Å². The summed E-state index contributed by atoms with van der Waals surface area (Å²) in [5.74, 6) is 0. The Morgan fingerprint density at radius 1 is 0.889 bits per heavy atom. The Morgan fingerprint density at radius 2 is 1.50 bits per heavy atom. The molecule has 0 atom stereocenters. The van der Waals surface area contributed by atoms with E-state index in [-0.39, 0.29) is 10.7 Å². The minimum absolute atomic E-state index is 0.0290. The monoisotopic (exact) mass is 491 g/mol. The second kappa shape index (κ2) is 10.2. The number of para-hydroxylation sites is 1. The lowest BCUT2D eigenvalue weighted by Gasteiger charge is -2.13. The second-order valence-electron chi connectivity index (χ2n) is 7.83. The Balaban J connectivity index is 1.81. The highest BCUT2D eigenvalue weighted by atomic mass is 32.1. The first-order chi connectivity index (χ1) is 17.6. The van der Waals surface area contributed by atoms with Gasteiger partial charge in [0.1, 0.15) is 5.69 Å². The average Bonchev–Trinajstić information content (AvgIpc) is 3.33. The molecule has 4 N–H and O–H groups in total. The van der Waals surface area contributed by atoms with Crippen molar-refractivity contribution >= 4 is 23.5 Å². The van der Waals surface area contributed by atoms with Crippen LogP contribution in [0.15, 0.2) is 107 Å². The zero-order valence-electron chi connectivity index (χ0n) is 19.0. The van der Waals surface area contributed by atoms with Crippen LogP contribution in [0.2, 0.25) is 0 Å². The van der Waals surface area contributed by atoms with E-state index in [1.54, 1.807) is 10.9 Å². The van der Waals surface area contributed by atoms with Crippen molar-refractivity contribution in [2.45, 2.75) is 0 Å². The lowest BCUT2D eigenvalue weighted by atomic mass is 9.93. The van der Waals surface area contributed by atoms with Gasteiger partial charge < -0.3 is 5.73 Å². The third-order valence-electron chi connectivity index (χ3n) is 5.47. The van der Waals surface area contributed by atoms with Crippen LogP contribution in [-0.2, 0) is 0 Å². The van der Waals surface area contributed by atoms with Crippen molar-refractivity contribution in [3.05, 3.63) is 113 Å². The molecule has 0 amide bonds. The van der Waals surface area contributed by atoms with Crippen LogP contribution in [0.3, 0.4) is 0 Å². The predicted molar refractivity (Wildman–Crippen MR) is 146 cm³/mol. The van der Waals surface area contributed by atoms with Crippen molar-refractivity contribution in [1.29, 1.82) is 0 Å². The first kappa shape index (κ1) is 22.9. The molecule has 0 aliphatic rings. The third kappa shape index (κ3) is 4.68. The van der Waals surface area contributed by atoms with Gasteiger partial charge in [-0.05, 0) is 29.9 Å². The van der Waals surface area contributed by atoms with Gasteiger partial charge in [-0.1, -0.05) is 78.9 Å². The maximum atomic E-state index is 13.4. The number of aromatic nitrogens is 4. The van der Waals surface area contributed by atoms with Crippen LogP contribution >= 0.6 is 12.2 Å². The standard InChI is InChI=1S/C27H21N7OS/c28-27(36)32-29-16-20-17-34(21-14-8-3-9-15-21)33-25(20)23-22(18-10-4-1-5-11-18)24(30-31-26(23)35)19-12-6-2-7-13-19/h1-17H,(H,31,35)(H3,28,32,36)/b29-16+. The minimum atomic E-state index is -0.371. The summed E-state index contributed by atoms with van der Waals surface area (Å²) in [6, 6.07) is 29.0. The van der Waals surface area contributed by atoms with E-state index in [4.69, 9.17) is 23.1 Å². The first-order valence-corrected chi connectivity index (χ1v) is 11.5. The van der Waals surface area contributed by atoms with Crippen LogP contribution in [0.5, 0.6) is 0 Å². The number of nitrogens with two attached hydrogens (primary N) is 1. The van der Waals surface area contributed by atoms with Gasteiger partial charge in [0.15, 0.2) is 5.11 Å². The number of hydrogen-bond acceptors (Lipinski definition) is 5. The smallest absolute Gasteiger partial charge is 0.274 e. The van der Waals surface area contributed by atoms with Crippen molar-refractivity contribution < 1.29 is 0 Å². The number of nitrogens with zero attached hydrogens (tertiary/aromatic N) is 4. The van der Waals surface area contributed by atoms with E-state index in [0.717, 1.165) is 16.8 Å². The highest BCUT2D eigenvalue weighted by molar-refractivity contribution is 7.80. The maximum absolute atomic E-state index is 13.4. The van der Waals surface area contributed by atoms with Crippen LogP contribution in [0.4, 0.5) is 0 Å². The number of hydrazone groups is 1. The summed E-state index contributed by atoms with van der Waals surface area (Å²) in [6.07, 6.45) is 3.34. The summed E-state index contributed by atoms with van der Waals surface area (Å²) in [5, 5.41) is 16.1. The molecule has 0 spiro atoms. The molecule has 8 nitrogen and oxygen atoms in total. The van der Waals surface area contributed by atoms with Gasteiger partial charge in [-0.3, -0.25) is 10.2 Å². The lowest BCUT2D eigenvalue weighted by molar-refractivity contribution is 0.882. The Labute approximate surface area is 212 Å². The number of nitrogens with one attached hydrogen (secondary N) is 2.